The molecule has 71 heavy (non-hydrogen) atoms. The van der Waals surface area contributed by atoms with E-state index < -0.39 is 0 Å². The van der Waals surface area contributed by atoms with Crippen LogP contribution >= 0.6 is 0 Å². The molecule has 7 heteroatoms. The summed E-state index contributed by atoms with van der Waals surface area (Å²) in [6.07, 6.45) is 2.02. The van der Waals surface area contributed by atoms with E-state index in [2.05, 4.69) is 245 Å². The molecule has 11 aromatic rings. The molecule has 3 aromatic heterocycles. The van der Waals surface area contributed by atoms with Gasteiger partial charge in [0.25, 0.3) is 0 Å². The van der Waals surface area contributed by atoms with E-state index in [0.717, 1.165) is 72.8 Å². The summed E-state index contributed by atoms with van der Waals surface area (Å²) in [5.74, 6) is 2.02. The van der Waals surface area contributed by atoms with Gasteiger partial charge in [-0.2, -0.15) is 12.1 Å². The van der Waals surface area contributed by atoms with E-state index in [0.29, 0.717) is 11.5 Å². The SMILES string of the molecule is Cc1cc(-n2c3ccccc3c3ccccc32)ccc1-c1cnc(-n2c3[c-]c(Oc4[c-]c(N5[CH-]N(c6cc(C(C)(C)C)cc(C(C)(C)C)c6)c6ccccc65)ccc4)ccc3c3ccccc32)cc1C.[Pt]. The van der Waals surface area contributed by atoms with Crippen LogP contribution in [0.4, 0.5) is 22.7 Å². The van der Waals surface area contributed by atoms with Gasteiger partial charge in [0.2, 0.25) is 0 Å². The van der Waals surface area contributed by atoms with Gasteiger partial charge in [-0.15, -0.1) is 48.1 Å². The molecule has 8 aromatic carbocycles. The predicted molar refractivity (Wildman–Crippen MR) is 291 cm³/mol. The van der Waals surface area contributed by atoms with Crippen molar-refractivity contribution in [1.29, 1.82) is 0 Å². The summed E-state index contributed by atoms with van der Waals surface area (Å²) in [6.45, 7) is 20.3. The minimum Gasteiger partial charge on any atom is -0.509 e. The quantitative estimate of drug-likeness (QED) is 0.149. The molecule has 6 nitrogen and oxygen atoms in total. The van der Waals surface area contributed by atoms with Gasteiger partial charge in [-0.1, -0.05) is 126 Å². The first-order valence-corrected chi connectivity index (χ1v) is 24.2. The molecule has 0 spiro atoms. The van der Waals surface area contributed by atoms with Crippen LogP contribution in [-0.2, 0) is 31.9 Å². The number of pyridine rings is 1. The zero-order valence-electron chi connectivity index (χ0n) is 41.3. The standard InChI is InChI=1S/C64H54N5O.Pt/c1-41-32-46(68-56-23-12-9-20-51(56)52-21-10-13-24-57(52)68)28-30-50(41)55-39-65-62(33-42(55)2)69-58-25-14-11-22-53(58)54-31-29-49(38-61(54)69)70-48-19-17-18-45(37-48)66-40-67(60-27-16-15-26-59(60)66)47-35-43(63(3,4)5)34-44(36-47)64(6,7)8;/h9-36,39-40H,1-8H3;/q-3;. The van der Waals surface area contributed by atoms with Gasteiger partial charge in [-0.25, -0.2) is 4.98 Å². The number of para-hydroxylation sites is 5. The van der Waals surface area contributed by atoms with E-state index in [1.54, 1.807) is 0 Å². The van der Waals surface area contributed by atoms with Crippen molar-refractivity contribution in [2.75, 3.05) is 9.80 Å². The molecule has 0 N–H and O–H groups in total. The molecule has 4 heterocycles. The van der Waals surface area contributed by atoms with Crippen molar-refractivity contribution in [2.45, 2.75) is 66.2 Å². The molecule has 0 saturated carbocycles. The average molecular weight is 1100 g/mol. The molecular formula is C64H54N5OPt-3. The molecule has 0 saturated heterocycles. The van der Waals surface area contributed by atoms with Crippen molar-refractivity contribution in [3.05, 3.63) is 217 Å². The fourth-order valence-corrected chi connectivity index (χ4v) is 10.3. The Balaban J connectivity index is 0.00000547. The van der Waals surface area contributed by atoms with E-state index in [1.807, 2.05) is 24.4 Å². The first-order chi connectivity index (χ1) is 33.8. The van der Waals surface area contributed by atoms with Crippen molar-refractivity contribution in [3.63, 3.8) is 0 Å². The zero-order chi connectivity index (χ0) is 48.1. The molecule has 0 amide bonds. The maximum atomic E-state index is 6.68. The van der Waals surface area contributed by atoms with Gasteiger partial charge in [-0.3, -0.25) is 0 Å². The molecule has 0 unspecified atom stereocenters. The third-order valence-corrected chi connectivity index (χ3v) is 14.0. The molecule has 12 rings (SSSR count). The second-order valence-corrected chi connectivity index (χ2v) is 20.8. The van der Waals surface area contributed by atoms with E-state index in [-0.39, 0.29) is 31.9 Å². The number of rotatable bonds is 7. The largest absolute Gasteiger partial charge is 0.509 e. The molecule has 0 fully saturated rings. The molecule has 354 valence electrons. The van der Waals surface area contributed by atoms with Crippen molar-refractivity contribution >= 4 is 66.4 Å². The maximum absolute atomic E-state index is 6.68. The fraction of sp³-hybridized carbons (Fsp3) is 0.156. The Kier molecular flexibility index (Phi) is 11.3. The van der Waals surface area contributed by atoms with Crippen LogP contribution in [0.1, 0.15) is 63.8 Å². The second kappa shape index (κ2) is 17.5. The van der Waals surface area contributed by atoms with Crippen LogP contribution in [0.3, 0.4) is 0 Å². The van der Waals surface area contributed by atoms with E-state index in [4.69, 9.17) is 9.72 Å². The minimum absolute atomic E-state index is 0. The molecule has 0 atom stereocenters. The predicted octanol–water partition coefficient (Wildman–Crippen LogP) is 17.0. The van der Waals surface area contributed by atoms with Crippen LogP contribution in [-0.4, -0.2) is 14.1 Å². The van der Waals surface area contributed by atoms with Crippen molar-refractivity contribution in [3.8, 4) is 34.1 Å². The molecule has 0 bridgehead atoms. The number of ether oxygens (including phenoxy) is 1. The summed E-state index contributed by atoms with van der Waals surface area (Å²) in [6, 6.07) is 67.8. The smallest absolute Gasteiger partial charge is 0.135 e. The molecule has 1 aliphatic rings. The number of aromatic nitrogens is 3. The van der Waals surface area contributed by atoms with Crippen LogP contribution in [0.2, 0.25) is 0 Å². The fourth-order valence-electron chi connectivity index (χ4n) is 10.3. The van der Waals surface area contributed by atoms with Crippen LogP contribution in [0, 0.1) is 32.6 Å². The summed E-state index contributed by atoms with van der Waals surface area (Å²) in [7, 11) is 0. The monoisotopic (exact) mass is 1100 g/mol. The average Bonchev–Trinajstić information content (AvgIpc) is 4.02. The number of nitrogens with zero attached hydrogens (tertiary/aromatic N) is 5. The normalized spacial score (nSPS) is 12.8. The van der Waals surface area contributed by atoms with Crippen molar-refractivity contribution < 1.29 is 25.8 Å². The van der Waals surface area contributed by atoms with Crippen molar-refractivity contribution in [1.82, 2.24) is 14.1 Å². The number of anilines is 4. The summed E-state index contributed by atoms with van der Waals surface area (Å²) < 4.78 is 11.3. The van der Waals surface area contributed by atoms with Gasteiger partial charge in [0.15, 0.2) is 0 Å². The summed E-state index contributed by atoms with van der Waals surface area (Å²) in [4.78, 5) is 9.68. The number of fused-ring (bicyclic) bond motifs is 7. The number of aryl methyl sites for hydroxylation is 2. The van der Waals surface area contributed by atoms with Gasteiger partial charge in [-0.05, 0) is 119 Å². The first kappa shape index (κ1) is 46.0. The second-order valence-electron chi connectivity index (χ2n) is 20.8. The Bertz CT molecular complexity index is 3780. The summed E-state index contributed by atoms with van der Waals surface area (Å²) in [5, 5.41) is 4.72. The third-order valence-electron chi connectivity index (χ3n) is 14.0. The van der Waals surface area contributed by atoms with E-state index in [9.17, 15) is 0 Å². The van der Waals surface area contributed by atoms with E-state index >= 15 is 0 Å². The molecular weight excluding hydrogens is 1050 g/mol. The van der Waals surface area contributed by atoms with Crippen LogP contribution in [0.15, 0.2) is 176 Å². The molecule has 0 aliphatic carbocycles. The van der Waals surface area contributed by atoms with E-state index in [1.165, 1.54) is 38.5 Å². The minimum atomic E-state index is -0.00709. The number of benzene rings is 8. The van der Waals surface area contributed by atoms with Gasteiger partial charge >= 0.3 is 0 Å². The zero-order valence-corrected chi connectivity index (χ0v) is 43.6. The number of hydrogen-bond donors (Lipinski definition) is 0. The Morgan fingerprint density at radius 1 is 0.479 bits per heavy atom. The van der Waals surface area contributed by atoms with Gasteiger partial charge < -0.3 is 23.7 Å². The summed E-state index contributed by atoms with van der Waals surface area (Å²) in [5.41, 5.74) is 16.9. The van der Waals surface area contributed by atoms with Gasteiger partial charge in [0.05, 0.1) is 11.0 Å². The first-order valence-electron chi connectivity index (χ1n) is 24.2. The van der Waals surface area contributed by atoms with Crippen LogP contribution in [0.25, 0.3) is 66.2 Å². The third kappa shape index (κ3) is 7.99. The Hall–Kier alpha value is -7.40. The Morgan fingerprint density at radius 3 is 1.66 bits per heavy atom. The molecule has 1 aliphatic heterocycles. The van der Waals surface area contributed by atoms with Gasteiger partial charge in [0, 0.05) is 83.4 Å². The van der Waals surface area contributed by atoms with Crippen LogP contribution in [0.5, 0.6) is 11.5 Å². The van der Waals surface area contributed by atoms with Gasteiger partial charge in [0.1, 0.15) is 5.82 Å². The Labute approximate surface area is 431 Å². The number of hydrogen-bond acceptors (Lipinski definition) is 4. The topological polar surface area (TPSA) is 38.5 Å². The Morgan fingerprint density at radius 2 is 1.04 bits per heavy atom. The van der Waals surface area contributed by atoms with Crippen molar-refractivity contribution in [2.24, 2.45) is 0 Å². The summed E-state index contributed by atoms with van der Waals surface area (Å²) >= 11 is 0. The maximum Gasteiger partial charge on any atom is 0.135 e. The molecule has 0 radical (unpaired) electrons. The van der Waals surface area contributed by atoms with Crippen LogP contribution < -0.4 is 14.5 Å².